The largest absolute Gasteiger partial charge is 0.508 e. The fraction of sp³-hybridized carbons (Fsp3) is 0. The molecule has 1 aliphatic rings. The number of halogens is 1. The fourth-order valence-electron chi connectivity index (χ4n) is 2.64. The van der Waals surface area contributed by atoms with Crippen LogP contribution in [-0.4, -0.2) is 15.9 Å². The van der Waals surface area contributed by atoms with Gasteiger partial charge in [-0.05, 0) is 18.2 Å². The van der Waals surface area contributed by atoms with Gasteiger partial charge in [-0.15, -0.1) is 0 Å². The highest BCUT2D eigenvalue weighted by atomic mass is 35.5. The van der Waals surface area contributed by atoms with Gasteiger partial charge < -0.3 is 5.11 Å². The molecule has 96 valence electrons. The van der Waals surface area contributed by atoms with Crippen molar-refractivity contribution in [2.45, 2.75) is 0 Å². The maximum absolute atomic E-state index is 12.5. The molecule has 0 fully saturated rings. The van der Waals surface area contributed by atoms with E-state index in [0.717, 1.165) is 5.56 Å². The first-order valence-corrected chi connectivity index (χ1v) is 6.51. The van der Waals surface area contributed by atoms with Crippen LogP contribution in [0, 0.1) is 0 Å². The third-order valence-electron chi connectivity index (χ3n) is 3.56. The van der Waals surface area contributed by atoms with Gasteiger partial charge in [-0.3, -0.25) is 4.79 Å². The Labute approximate surface area is 119 Å². The van der Waals surface area contributed by atoms with Crippen LogP contribution in [0.15, 0.2) is 42.5 Å². The number of benzene rings is 2. The van der Waals surface area contributed by atoms with Crippen LogP contribution in [0.3, 0.4) is 0 Å². The van der Waals surface area contributed by atoms with E-state index in [1.165, 1.54) is 6.07 Å². The third kappa shape index (κ3) is 1.35. The minimum absolute atomic E-state index is 0.101. The summed E-state index contributed by atoms with van der Waals surface area (Å²) < 4.78 is 0. The molecule has 0 spiro atoms. The number of nitrogens with zero attached hydrogens (tertiary/aromatic N) is 1. The Morgan fingerprint density at radius 3 is 2.60 bits per heavy atom. The zero-order valence-electron chi connectivity index (χ0n) is 10.2. The van der Waals surface area contributed by atoms with Crippen molar-refractivity contribution in [1.29, 1.82) is 0 Å². The molecule has 0 unspecified atom stereocenters. The first-order valence-electron chi connectivity index (χ1n) is 6.13. The zero-order chi connectivity index (χ0) is 13.9. The molecule has 0 radical (unpaired) electrons. The number of ketones is 1. The predicted molar refractivity (Wildman–Crippen MR) is 77.3 cm³/mol. The van der Waals surface area contributed by atoms with Gasteiger partial charge in [0.2, 0.25) is 0 Å². The van der Waals surface area contributed by atoms with Gasteiger partial charge in [0.1, 0.15) is 5.75 Å². The molecule has 3 aromatic rings. The summed E-state index contributed by atoms with van der Waals surface area (Å²) >= 11 is 6.37. The van der Waals surface area contributed by atoms with Crippen LogP contribution < -0.4 is 0 Å². The number of aromatic hydroxyl groups is 1. The maximum Gasteiger partial charge on any atom is 0.197 e. The van der Waals surface area contributed by atoms with Gasteiger partial charge in [0.25, 0.3) is 0 Å². The Kier molecular flexibility index (Phi) is 2.18. The van der Waals surface area contributed by atoms with E-state index < -0.39 is 0 Å². The number of phenols is 1. The van der Waals surface area contributed by atoms with Gasteiger partial charge in [0, 0.05) is 16.5 Å². The molecule has 0 saturated heterocycles. The number of aromatic nitrogens is 1. The smallest absolute Gasteiger partial charge is 0.197 e. The van der Waals surface area contributed by atoms with Crippen molar-refractivity contribution in [3.8, 4) is 17.0 Å². The summed E-state index contributed by atoms with van der Waals surface area (Å²) in [4.78, 5) is 17.0. The Hall–Kier alpha value is -2.39. The summed E-state index contributed by atoms with van der Waals surface area (Å²) in [5.41, 5.74) is 3.14. The summed E-state index contributed by atoms with van der Waals surface area (Å²) in [5, 5.41) is 10.5. The minimum atomic E-state index is -0.113. The van der Waals surface area contributed by atoms with Crippen molar-refractivity contribution in [2.24, 2.45) is 0 Å². The molecular weight excluding hydrogens is 274 g/mol. The third-order valence-corrected chi connectivity index (χ3v) is 3.95. The average molecular weight is 282 g/mol. The summed E-state index contributed by atoms with van der Waals surface area (Å²) in [6, 6.07) is 12.1. The lowest BCUT2D eigenvalue weighted by atomic mass is 10.1. The monoisotopic (exact) mass is 281 g/mol. The second-order valence-electron chi connectivity index (χ2n) is 4.73. The molecule has 3 nitrogen and oxygen atoms in total. The van der Waals surface area contributed by atoms with Crippen LogP contribution in [0.25, 0.3) is 22.2 Å². The molecule has 1 aromatic heterocycles. The number of carbonyl (C=O) groups is 1. The molecule has 20 heavy (non-hydrogen) atoms. The molecule has 1 aliphatic carbocycles. The molecule has 1 heterocycles. The standard InChI is InChI=1S/C16H8ClNO2/c17-14-11-7-8(19)5-6-12(11)18-15-9-3-1-2-4-10(9)16(20)13(14)15/h1-7,19H. The van der Waals surface area contributed by atoms with Crippen molar-refractivity contribution < 1.29 is 9.90 Å². The molecule has 0 aliphatic heterocycles. The number of rotatable bonds is 0. The van der Waals surface area contributed by atoms with E-state index in [2.05, 4.69) is 4.98 Å². The Morgan fingerprint density at radius 1 is 1.05 bits per heavy atom. The Bertz CT molecular complexity index is 902. The van der Waals surface area contributed by atoms with Gasteiger partial charge in [-0.25, -0.2) is 4.98 Å². The molecule has 0 atom stereocenters. The maximum atomic E-state index is 12.5. The summed E-state index contributed by atoms with van der Waals surface area (Å²) in [6.45, 7) is 0. The normalized spacial score (nSPS) is 12.6. The van der Waals surface area contributed by atoms with E-state index in [-0.39, 0.29) is 11.5 Å². The molecule has 4 heteroatoms. The molecule has 0 saturated carbocycles. The number of hydrogen-bond acceptors (Lipinski definition) is 3. The Morgan fingerprint density at radius 2 is 1.80 bits per heavy atom. The van der Waals surface area contributed by atoms with E-state index in [1.54, 1.807) is 18.2 Å². The van der Waals surface area contributed by atoms with Crippen molar-refractivity contribution in [3.63, 3.8) is 0 Å². The van der Waals surface area contributed by atoms with Gasteiger partial charge in [0.05, 0.1) is 21.8 Å². The first-order chi connectivity index (χ1) is 9.66. The SMILES string of the molecule is O=C1c2ccccc2-c2nc3ccc(O)cc3c(Cl)c21. The summed E-state index contributed by atoms with van der Waals surface area (Å²) in [5.74, 6) is -0.0116. The van der Waals surface area contributed by atoms with Crippen LogP contribution in [-0.2, 0) is 0 Å². The number of carbonyl (C=O) groups excluding carboxylic acids is 1. The van der Waals surface area contributed by atoms with Crippen LogP contribution in [0.1, 0.15) is 15.9 Å². The molecule has 0 amide bonds. The number of pyridine rings is 1. The van der Waals surface area contributed by atoms with Crippen LogP contribution in [0.4, 0.5) is 0 Å². The van der Waals surface area contributed by atoms with Gasteiger partial charge in [0.15, 0.2) is 5.78 Å². The second kappa shape index (κ2) is 3.81. The second-order valence-corrected chi connectivity index (χ2v) is 5.10. The number of phenolic OH excluding ortho intramolecular Hbond substituents is 1. The topological polar surface area (TPSA) is 50.2 Å². The quantitative estimate of drug-likeness (QED) is 0.533. The lowest BCUT2D eigenvalue weighted by Crippen LogP contribution is -1.97. The van der Waals surface area contributed by atoms with E-state index >= 15 is 0 Å². The molecule has 1 N–H and O–H groups in total. The molecule has 0 bridgehead atoms. The predicted octanol–water partition coefficient (Wildman–Crippen LogP) is 3.81. The van der Waals surface area contributed by atoms with Crippen molar-refractivity contribution in [1.82, 2.24) is 4.98 Å². The van der Waals surface area contributed by atoms with Gasteiger partial charge in [-0.2, -0.15) is 0 Å². The van der Waals surface area contributed by atoms with Crippen LogP contribution >= 0.6 is 11.6 Å². The van der Waals surface area contributed by atoms with E-state index in [9.17, 15) is 9.90 Å². The van der Waals surface area contributed by atoms with E-state index in [0.29, 0.717) is 32.7 Å². The molecular formula is C16H8ClNO2. The lowest BCUT2D eigenvalue weighted by molar-refractivity contribution is 0.104. The van der Waals surface area contributed by atoms with Crippen molar-refractivity contribution >= 4 is 28.3 Å². The summed E-state index contributed by atoms with van der Waals surface area (Å²) in [6.07, 6.45) is 0. The van der Waals surface area contributed by atoms with Crippen LogP contribution in [0.2, 0.25) is 5.02 Å². The fourth-order valence-corrected chi connectivity index (χ4v) is 2.96. The minimum Gasteiger partial charge on any atom is -0.508 e. The Balaban J connectivity index is 2.17. The number of fused-ring (bicyclic) bond motifs is 4. The number of hydrogen-bond donors (Lipinski definition) is 1. The van der Waals surface area contributed by atoms with Gasteiger partial charge >= 0.3 is 0 Å². The lowest BCUT2D eigenvalue weighted by Gasteiger charge is -2.06. The highest BCUT2D eigenvalue weighted by molar-refractivity contribution is 6.41. The zero-order valence-corrected chi connectivity index (χ0v) is 11.0. The van der Waals surface area contributed by atoms with E-state index in [4.69, 9.17) is 11.6 Å². The van der Waals surface area contributed by atoms with Gasteiger partial charge in [-0.1, -0.05) is 35.9 Å². The van der Waals surface area contributed by atoms with Crippen molar-refractivity contribution in [2.75, 3.05) is 0 Å². The van der Waals surface area contributed by atoms with Crippen LogP contribution in [0.5, 0.6) is 5.75 Å². The molecule has 4 rings (SSSR count). The van der Waals surface area contributed by atoms with Crippen molar-refractivity contribution in [3.05, 3.63) is 58.6 Å². The molecule has 2 aromatic carbocycles. The first kappa shape index (κ1) is 11.4. The highest BCUT2D eigenvalue weighted by Crippen LogP contribution is 2.42. The average Bonchev–Trinajstić information content (AvgIpc) is 2.74. The van der Waals surface area contributed by atoms with E-state index in [1.807, 2.05) is 18.2 Å². The highest BCUT2D eigenvalue weighted by Gasteiger charge is 2.31. The summed E-state index contributed by atoms with van der Waals surface area (Å²) in [7, 11) is 0.